The van der Waals surface area contributed by atoms with E-state index in [1.165, 1.54) is 5.56 Å². The van der Waals surface area contributed by atoms with Crippen LogP contribution in [0.2, 0.25) is 0 Å². The zero-order valence-corrected chi connectivity index (χ0v) is 13.6. The number of likely N-dealkylation sites (N-methyl/N-ethyl adjacent to an activating group) is 1. The number of aromatic nitrogens is 1. The molecule has 0 saturated carbocycles. The molecule has 0 spiro atoms. The zero-order valence-electron chi connectivity index (χ0n) is 13.6. The van der Waals surface area contributed by atoms with Gasteiger partial charge >= 0.3 is 0 Å². The molecule has 1 aromatic heterocycles. The van der Waals surface area contributed by atoms with Gasteiger partial charge in [-0.1, -0.05) is 20.8 Å². The van der Waals surface area contributed by atoms with Gasteiger partial charge in [-0.05, 0) is 37.1 Å². The Morgan fingerprint density at radius 1 is 1.30 bits per heavy atom. The molecule has 0 amide bonds. The van der Waals surface area contributed by atoms with Crippen LogP contribution in [0.1, 0.15) is 44.9 Å². The van der Waals surface area contributed by atoms with E-state index in [1.807, 2.05) is 0 Å². The minimum absolute atomic E-state index is 0.441. The molecule has 114 valence electrons. The van der Waals surface area contributed by atoms with Crippen molar-refractivity contribution in [2.75, 3.05) is 38.3 Å². The first-order valence-corrected chi connectivity index (χ1v) is 7.57. The second-order valence-corrected chi connectivity index (χ2v) is 5.27. The van der Waals surface area contributed by atoms with Crippen molar-refractivity contribution in [2.45, 2.75) is 40.2 Å². The highest BCUT2D eigenvalue weighted by Gasteiger charge is 2.11. The van der Waals surface area contributed by atoms with Gasteiger partial charge in [-0.25, -0.2) is 4.98 Å². The minimum atomic E-state index is 0.441. The summed E-state index contributed by atoms with van der Waals surface area (Å²) in [6.45, 7) is 13.1. The highest BCUT2D eigenvalue weighted by atomic mass is 16.5. The highest BCUT2D eigenvalue weighted by Crippen LogP contribution is 2.20. The van der Waals surface area contributed by atoms with Crippen LogP contribution in [0.5, 0.6) is 0 Å². The van der Waals surface area contributed by atoms with Gasteiger partial charge in [0.2, 0.25) is 0 Å². The summed E-state index contributed by atoms with van der Waals surface area (Å²) in [5, 5.41) is 3.39. The lowest BCUT2D eigenvalue weighted by atomic mass is 10.1. The normalized spacial score (nSPS) is 11.1. The average molecular weight is 279 g/mol. The summed E-state index contributed by atoms with van der Waals surface area (Å²) in [7, 11) is 1.74. The Morgan fingerprint density at radius 3 is 2.60 bits per heavy atom. The number of hydrogen-bond donors (Lipinski definition) is 1. The van der Waals surface area contributed by atoms with Crippen LogP contribution < -0.4 is 10.2 Å². The molecule has 0 aliphatic heterocycles. The lowest BCUT2D eigenvalue weighted by molar-refractivity contribution is 0.205. The van der Waals surface area contributed by atoms with E-state index in [2.05, 4.69) is 50.0 Å². The van der Waals surface area contributed by atoms with Crippen LogP contribution in [-0.2, 0) is 11.3 Å². The Labute approximate surface area is 123 Å². The van der Waals surface area contributed by atoms with Gasteiger partial charge < -0.3 is 15.0 Å². The van der Waals surface area contributed by atoms with Crippen molar-refractivity contribution in [3.8, 4) is 0 Å². The molecule has 0 aliphatic carbocycles. The maximum atomic E-state index is 5.19. The van der Waals surface area contributed by atoms with Crippen LogP contribution in [0.25, 0.3) is 0 Å². The molecule has 20 heavy (non-hydrogen) atoms. The molecule has 0 unspecified atom stereocenters. The second-order valence-electron chi connectivity index (χ2n) is 5.27. The molecule has 0 aliphatic rings. The predicted molar refractivity (Wildman–Crippen MR) is 85.5 cm³/mol. The Balaban J connectivity index is 2.99. The third-order valence-electron chi connectivity index (χ3n) is 3.33. The summed E-state index contributed by atoms with van der Waals surface area (Å²) in [4.78, 5) is 7.08. The van der Waals surface area contributed by atoms with Gasteiger partial charge in [-0.2, -0.15) is 0 Å². The van der Waals surface area contributed by atoms with Crippen LogP contribution in [0.4, 0.5) is 5.82 Å². The number of methoxy groups -OCH3 is 1. The van der Waals surface area contributed by atoms with Crippen LogP contribution in [0, 0.1) is 0 Å². The number of nitrogens with zero attached hydrogens (tertiary/aromatic N) is 2. The van der Waals surface area contributed by atoms with E-state index in [1.54, 1.807) is 7.11 Å². The van der Waals surface area contributed by atoms with Gasteiger partial charge in [0.25, 0.3) is 0 Å². The van der Waals surface area contributed by atoms with Crippen molar-refractivity contribution in [2.24, 2.45) is 0 Å². The summed E-state index contributed by atoms with van der Waals surface area (Å²) in [6, 6.07) is 4.40. The first-order valence-electron chi connectivity index (χ1n) is 7.57. The lowest BCUT2D eigenvalue weighted by Crippen LogP contribution is -2.28. The van der Waals surface area contributed by atoms with E-state index >= 15 is 0 Å². The Hall–Kier alpha value is -1.13. The fraction of sp³-hybridized carbons (Fsp3) is 0.688. The van der Waals surface area contributed by atoms with Crippen LogP contribution in [-0.4, -0.2) is 38.3 Å². The van der Waals surface area contributed by atoms with E-state index in [0.717, 1.165) is 44.3 Å². The number of hydrogen-bond acceptors (Lipinski definition) is 4. The maximum Gasteiger partial charge on any atom is 0.129 e. The molecule has 0 bridgehead atoms. The quantitative estimate of drug-likeness (QED) is 0.754. The smallest absolute Gasteiger partial charge is 0.129 e. The molecule has 1 heterocycles. The number of rotatable bonds is 9. The third kappa shape index (κ3) is 5.10. The molecule has 4 nitrogen and oxygen atoms in total. The molecular weight excluding hydrogens is 250 g/mol. The Morgan fingerprint density at radius 2 is 2.05 bits per heavy atom. The standard InChI is InChI=1S/C16H29N3O/c1-6-17-12-14-10-15(13(3)4)18-16(11-14)19(7-2)8-9-20-5/h10-11,13,17H,6-9,12H2,1-5H3. The molecule has 0 aromatic carbocycles. The van der Waals surface area contributed by atoms with Gasteiger partial charge in [0, 0.05) is 32.4 Å². The van der Waals surface area contributed by atoms with E-state index in [0.29, 0.717) is 5.92 Å². The zero-order chi connectivity index (χ0) is 15.0. The SMILES string of the molecule is CCNCc1cc(C(C)C)nc(N(CC)CCOC)c1. The number of pyridine rings is 1. The first-order chi connectivity index (χ1) is 9.62. The highest BCUT2D eigenvalue weighted by molar-refractivity contribution is 5.43. The number of nitrogens with one attached hydrogen (secondary N) is 1. The van der Waals surface area contributed by atoms with Crippen LogP contribution in [0.15, 0.2) is 12.1 Å². The van der Waals surface area contributed by atoms with Crippen molar-refractivity contribution in [3.05, 3.63) is 23.4 Å². The molecule has 1 aromatic rings. The van der Waals surface area contributed by atoms with Crippen LogP contribution >= 0.6 is 0 Å². The van der Waals surface area contributed by atoms with E-state index < -0.39 is 0 Å². The molecule has 0 radical (unpaired) electrons. The third-order valence-corrected chi connectivity index (χ3v) is 3.33. The van der Waals surface area contributed by atoms with Crippen molar-refractivity contribution in [1.29, 1.82) is 0 Å². The minimum Gasteiger partial charge on any atom is -0.383 e. The van der Waals surface area contributed by atoms with E-state index in [4.69, 9.17) is 9.72 Å². The molecule has 4 heteroatoms. The first kappa shape index (κ1) is 16.9. The molecule has 0 saturated heterocycles. The van der Waals surface area contributed by atoms with Crippen molar-refractivity contribution < 1.29 is 4.74 Å². The summed E-state index contributed by atoms with van der Waals surface area (Å²) in [6.07, 6.45) is 0. The van der Waals surface area contributed by atoms with E-state index in [9.17, 15) is 0 Å². The second kappa shape index (κ2) is 8.93. The topological polar surface area (TPSA) is 37.4 Å². The number of anilines is 1. The number of ether oxygens (including phenoxy) is 1. The molecular formula is C16H29N3O. The molecule has 1 N–H and O–H groups in total. The van der Waals surface area contributed by atoms with Crippen LogP contribution in [0.3, 0.4) is 0 Å². The molecule has 0 fully saturated rings. The van der Waals surface area contributed by atoms with Gasteiger partial charge in [0.05, 0.1) is 6.61 Å². The predicted octanol–water partition coefficient (Wildman–Crippen LogP) is 2.79. The summed E-state index contributed by atoms with van der Waals surface area (Å²) < 4.78 is 5.19. The van der Waals surface area contributed by atoms with Gasteiger partial charge in [0.1, 0.15) is 5.82 Å². The van der Waals surface area contributed by atoms with Gasteiger partial charge in [0.15, 0.2) is 0 Å². The average Bonchev–Trinajstić information content (AvgIpc) is 2.45. The molecule has 0 atom stereocenters. The van der Waals surface area contributed by atoms with Gasteiger partial charge in [-0.15, -0.1) is 0 Å². The van der Waals surface area contributed by atoms with E-state index in [-0.39, 0.29) is 0 Å². The molecule has 1 rings (SSSR count). The summed E-state index contributed by atoms with van der Waals surface area (Å²) in [5.74, 6) is 1.50. The van der Waals surface area contributed by atoms with Crippen molar-refractivity contribution >= 4 is 5.82 Å². The Bertz CT molecular complexity index is 393. The Kier molecular flexibility index (Phi) is 7.55. The van der Waals surface area contributed by atoms with Crippen molar-refractivity contribution in [3.63, 3.8) is 0 Å². The lowest BCUT2D eigenvalue weighted by Gasteiger charge is -2.23. The monoisotopic (exact) mass is 279 g/mol. The summed E-state index contributed by atoms with van der Waals surface area (Å²) in [5.41, 5.74) is 2.46. The maximum absolute atomic E-state index is 5.19. The van der Waals surface area contributed by atoms with Crippen molar-refractivity contribution in [1.82, 2.24) is 10.3 Å². The fourth-order valence-electron chi connectivity index (χ4n) is 2.06. The largest absolute Gasteiger partial charge is 0.383 e. The fourth-order valence-corrected chi connectivity index (χ4v) is 2.06. The van der Waals surface area contributed by atoms with Gasteiger partial charge in [-0.3, -0.25) is 0 Å². The summed E-state index contributed by atoms with van der Waals surface area (Å²) >= 11 is 0.